The molecule has 19 heavy (non-hydrogen) atoms. The van der Waals surface area contributed by atoms with Crippen molar-refractivity contribution in [3.05, 3.63) is 21.9 Å². The Morgan fingerprint density at radius 3 is 2.53 bits per heavy atom. The Hall–Kier alpha value is -2.59. The first-order chi connectivity index (χ1) is 8.65. The minimum absolute atomic E-state index is 0.306. The van der Waals surface area contributed by atoms with E-state index in [-0.39, 0.29) is 0 Å². The number of carbonyl (C=O) groups excluding carboxylic acids is 1. The number of esters is 1. The van der Waals surface area contributed by atoms with Crippen LogP contribution in [0.1, 0.15) is 10.5 Å². The SMILES string of the molecule is COC(=O)c1nc(OC(F)(F)F)c([N+](=O)[O-])cc1O. The molecule has 11 heteroatoms. The van der Waals surface area contributed by atoms with Crippen LogP contribution < -0.4 is 4.74 Å². The summed E-state index contributed by atoms with van der Waals surface area (Å²) in [5.41, 5.74) is -2.19. The summed E-state index contributed by atoms with van der Waals surface area (Å²) in [7, 11) is 0.884. The molecule has 0 fully saturated rings. The van der Waals surface area contributed by atoms with Gasteiger partial charge in [-0.05, 0) is 0 Å². The molecule has 0 aliphatic rings. The predicted molar refractivity (Wildman–Crippen MR) is 50.6 cm³/mol. The van der Waals surface area contributed by atoms with Gasteiger partial charge in [-0.3, -0.25) is 10.1 Å². The second-order valence-electron chi connectivity index (χ2n) is 2.98. The molecule has 1 N–H and O–H groups in total. The first kappa shape index (κ1) is 14.5. The lowest BCUT2D eigenvalue weighted by Crippen LogP contribution is -2.20. The van der Waals surface area contributed by atoms with Crippen molar-refractivity contribution in [2.75, 3.05) is 7.11 Å². The van der Waals surface area contributed by atoms with Crippen molar-refractivity contribution in [1.82, 2.24) is 4.98 Å². The molecule has 0 atom stereocenters. The quantitative estimate of drug-likeness (QED) is 0.506. The maximum atomic E-state index is 12.0. The molecule has 0 unspecified atom stereocenters. The van der Waals surface area contributed by atoms with Gasteiger partial charge in [-0.25, -0.2) is 4.79 Å². The van der Waals surface area contributed by atoms with Gasteiger partial charge in [0.05, 0.1) is 18.1 Å². The molecule has 1 aromatic heterocycles. The van der Waals surface area contributed by atoms with Crippen LogP contribution in [-0.4, -0.2) is 34.5 Å². The van der Waals surface area contributed by atoms with Crippen molar-refractivity contribution in [3.63, 3.8) is 0 Å². The number of halogens is 3. The summed E-state index contributed by atoms with van der Waals surface area (Å²) in [6.45, 7) is 0. The van der Waals surface area contributed by atoms with E-state index in [2.05, 4.69) is 14.5 Å². The van der Waals surface area contributed by atoms with Crippen molar-refractivity contribution < 1.29 is 37.5 Å². The first-order valence-electron chi connectivity index (χ1n) is 4.38. The Labute approximate surface area is 102 Å². The molecular weight excluding hydrogens is 277 g/mol. The fraction of sp³-hybridized carbons (Fsp3) is 0.250. The summed E-state index contributed by atoms with van der Waals surface area (Å²) in [6.07, 6.45) is -5.25. The first-order valence-corrected chi connectivity index (χ1v) is 4.38. The molecule has 8 nitrogen and oxygen atoms in total. The third-order valence-corrected chi connectivity index (χ3v) is 1.74. The number of alkyl halides is 3. The summed E-state index contributed by atoms with van der Waals surface area (Å²) >= 11 is 0. The maximum Gasteiger partial charge on any atom is 0.574 e. The Kier molecular flexibility index (Phi) is 3.77. The third kappa shape index (κ3) is 3.43. The van der Waals surface area contributed by atoms with E-state index in [1.807, 2.05) is 0 Å². The van der Waals surface area contributed by atoms with Gasteiger partial charge in [0.15, 0.2) is 11.4 Å². The minimum Gasteiger partial charge on any atom is -0.505 e. The van der Waals surface area contributed by atoms with E-state index in [9.17, 15) is 33.2 Å². The van der Waals surface area contributed by atoms with Crippen molar-refractivity contribution in [2.45, 2.75) is 6.36 Å². The van der Waals surface area contributed by atoms with Gasteiger partial charge in [0.2, 0.25) is 0 Å². The lowest BCUT2D eigenvalue weighted by molar-refractivity contribution is -0.389. The number of aromatic nitrogens is 1. The fourth-order valence-electron chi connectivity index (χ4n) is 1.04. The van der Waals surface area contributed by atoms with E-state index in [1.165, 1.54) is 0 Å². The number of carbonyl (C=O) groups is 1. The van der Waals surface area contributed by atoms with E-state index >= 15 is 0 Å². The monoisotopic (exact) mass is 282 g/mol. The molecule has 0 radical (unpaired) electrons. The molecule has 1 aromatic rings. The highest BCUT2D eigenvalue weighted by Gasteiger charge is 2.37. The Morgan fingerprint density at radius 1 is 1.53 bits per heavy atom. The average Bonchev–Trinajstić information content (AvgIpc) is 2.27. The second-order valence-corrected chi connectivity index (χ2v) is 2.98. The molecule has 0 aliphatic heterocycles. The van der Waals surface area contributed by atoms with Crippen LogP contribution in [0.15, 0.2) is 6.07 Å². The molecule has 0 amide bonds. The maximum absolute atomic E-state index is 12.0. The number of nitrogens with zero attached hydrogens (tertiary/aromatic N) is 2. The Morgan fingerprint density at radius 2 is 2.11 bits per heavy atom. The summed E-state index contributed by atoms with van der Waals surface area (Å²) < 4.78 is 43.6. The summed E-state index contributed by atoms with van der Waals surface area (Å²) in [6, 6.07) is 0.306. The average molecular weight is 282 g/mol. The van der Waals surface area contributed by atoms with Crippen LogP contribution in [0.4, 0.5) is 18.9 Å². The molecule has 0 saturated carbocycles. The molecule has 0 aromatic carbocycles. The predicted octanol–water partition coefficient (Wildman–Crippen LogP) is 1.38. The zero-order valence-corrected chi connectivity index (χ0v) is 9.09. The van der Waals surface area contributed by atoms with Gasteiger partial charge in [0.1, 0.15) is 0 Å². The van der Waals surface area contributed by atoms with E-state index in [1.54, 1.807) is 0 Å². The summed E-state index contributed by atoms with van der Waals surface area (Å²) in [4.78, 5) is 23.3. The number of rotatable bonds is 3. The number of pyridine rings is 1. The standard InChI is InChI=1S/C8H5F3N2O6/c1-18-7(15)5-4(14)2-3(13(16)17)6(12-5)19-8(9,10)11/h2,14H,1H3. The zero-order valence-electron chi connectivity index (χ0n) is 9.09. The summed E-state index contributed by atoms with van der Waals surface area (Å²) in [5.74, 6) is -3.76. The van der Waals surface area contributed by atoms with Crippen molar-refractivity contribution in [1.29, 1.82) is 0 Å². The van der Waals surface area contributed by atoms with Gasteiger partial charge in [0.25, 0.3) is 0 Å². The number of methoxy groups -OCH3 is 1. The van der Waals surface area contributed by atoms with Crippen LogP contribution >= 0.6 is 0 Å². The van der Waals surface area contributed by atoms with E-state index in [4.69, 9.17) is 0 Å². The summed E-state index contributed by atoms with van der Waals surface area (Å²) in [5, 5.41) is 19.8. The number of hydrogen-bond donors (Lipinski definition) is 1. The van der Waals surface area contributed by atoms with Crippen molar-refractivity contribution in [2.24, 2.45) is 0 Å². The van der Waals surface area contributed by atoms with Gasteiger partial charge in [0, 0.05) is 0 Å². The Bertz CT molecular complexity index is 530. The molecule has 0 aliphatic carbocycles. The van der Waals surface area contributed by atoms with Gasteiger partial charge < -0.3 is 14.6 Å². The molecule has 1 heterocycles. The molecule has 0 saturated heterocycles. The van der Waals surface area contributed by atoms with E-state index < -0.39 is 40.3 Å². The Balaban J connectivity index is 3.39. The molecule has 104 valence electrons. The number of ether oxygens (including phenoxy) is 2. The number of hydrogen-bond acceptors (Lipinski definition) is 7. The van der Waals surface area contributed by atoms with Crippen molar-refractivity contribution in [3.8, 4) is 11.6 Å². The van der Waals surface area contributed by atoms with Crippen LogP contribution in [0.3, 0.4) is 0 Å². The van der Waals surface area contributed by atoms with Gasteiger partial charge in [-0.15, -0.1) is 13.2 Å². The van der Waals surface area contributed by atoms with Gasteiger partial charge in [-0.1, -0.05) is 0 Å². The lowest BCUT2D eigenvalue weighted by Gasteiger charge is -2.09. The van der Waals surface area contributed by atoms with Crippen molar-refractivity contribution >= 4 is 11.7 Å². The van der Waals surface area contributed by atoms with Crippen LogP contribution in [0.5, 0.6) is 11.6 Å². The second kappa shape index (κ2) is 4.96. The largest absolute Gasteiger partial charge is 0.574 e. The van der Waals surface area contributed by atoms with E-state index in [0.29, 0.717) is 6.07 Å². The normalized spacial score (nSPS) is 10.9. The highest BCUT2D eigenvalue weighted by Crippen LogP contribution is 2.34. The molecular formula is C8H5F3N2O6. The van der Waals surface area contributed by atoms with E-state index in [0.717, 1.165) is 7.11 Å². The topological polar surface area (TPSA) is 112 Å². The van der Waals surface area contributed by atoms with Gasteiger partial charge in [-0.2, -0.15) is 4.98 Å². The smallest absolute Gasteiger partial charge is 0.505 e. The molecule has 0 spiro atoms. The van der Waals surface area contributed by atoms with Crippen LogP contribution in [0.25, 0.3) is 0 Å². The zero-order chi connectivity index (χ0) is 14.8. The van der Waals surface area contributed by atoms with Crippen LogP contribution in [0, 0.1) is 10.1 Å². The number of nitro groups is 1. The lowest BCUT2D eigenvalue weighted by atomic mass is 10.3. The highest BCUT2D eigenvalue weighted by molar-refractivity contribution is 5.90. The highest BCUT2D eigenvalue weighted by atomic mass is 19.4. The minimum atomic E-state index is -5.25. The molecule has 1 rings (SSSR count). The van der Waals surface area contributed by atoms with Crippen LogP contribution in [0.2, 0.25) is 0 Å². The molecule has 0 bridgehead atoms. The third-order valence-electron chi connectivity index (χ3n) is 1.74. The fourth-order valence-corrected chi connectivity index (χ4v) is 1.04. The van der Waals surface area contributed by atoms with Crippen LogP contribution in [-0.2, 0) is 4.74 Å². The van der Waals surface area contributed by atoms with Gasteiger partial charge >= 0.3 is 23.9 Å². The number of aromatic hydroxyl groups is 1.